The molecule has 2 rings (SSSR count). The van der Waals surface area contributed by atoms with Crippen molar-refractivity contribution in [1.29, 1.82) is 0 Å². The van der Waals surface area contributed by atoms with Crippen molar-refractivity contribution in [2.75, 3.05) is 13.6 Å². The number of hydrogen-bond donors (Lipinski definition) is 2. The molecule has 0 aliphatic rings. The Bertz CT molecular complexity index is 653. The van der Waals surface area contributed by atoms with Gasteiger partial charge in [0, 0.05) is 25.7 Å². The Kier molecular flexibility index (Phi) is 9.73. The Morgan fingerprint density at radius 2 is 2.00 bits per heavy atom. The number of benzene rings is 1. The molecular weight excluding hydrogens is 459 g/mol. The molecule has 2 N–H and O–H groups in total. The van der Waals surface area contributed by atoms with Crippen LogP contribution in [0.15, 0.2) is 46.1 Å². The van der Waals surface area contributed by atoms with Crippen molar-refractivity contribution in [2.24, 2.45) is 4.99 Å². The Morgan fingerprint density at radius 1 is 1.24 bits per heavy atom. The molecule has 2 aromatic rings. The first-order valence-corrected chi connectivity index (χ1v) is 8.53. The summed E-state index contributed by atoms with van der Waals surface area (Å²) >= 11 is 1.67. The van der Waals surface area contributed by atoms with Crippen molar-refractivity contribution in [3.8, 4) is 5.75 Å². The van der Waals surface area contributed by atoms with Gasteiger partial charge in [-0.2, -0.15) is 20.1 Å². The second-order valence-corrected chi connectivity index (χ2v) is 6.03. The predicted molar refractivity (Wildman–Crippen MR) is 109 cm³/mol. The van der Waals surface area contributed by atoms with Gasteiger partial charge in [-0.25, -0.2) is 0 Å². The second-order valence-electron chi connectivity index (χ2n) is 5.25. The van der Waals surface area contributed by atoms with Gasteiger partial charge >= 0.3 is 6.61 Å². The summed E-state index contributed by atoms with van der Waals surface area (Å²) in [5, 5.41) is 10.5. The summed E-state index contributed by atoms with van der Waals surface area (Å²) in [4.78, 5) is 4.16. The van der Waals surface area contributed by atoms with Gasteiger partial charge in [0.05, 0.1) is 0 Å². The van der Waals surface area contributed by atoms with E-state index in [9.17, 15) is 8.78 Å². The molecule has 1 aromatic heterocycles. The first-order valence-electron chi connectivity index (χ1n) is 7.59. The summed E-state index contributed by atoms with van der Waals surface area (Å²) in [6.45, 7) is 0.366. The van der Waals surface area contributed by atoms with Crippen LogP contribution >= 0.6 is 35.3 Å². The molecule has 1 unspecified atom stereocenters. The SMILES string of the molecule is CN=C(NCc1ccccc1OC(F)F)NCC(C)c1ccsc1.I. The van der Waals surface area contributed by atoms with Crippen LogP contribution in [0.3, 0.4) is 0 Å². The molecular formula is C17H22F2IN3OS. The summed E-state index contributed by atoms with van der Waals surface area (Å²) in [5.41, 5.74) is 1.92. The monoisotopic (exact) mass is 481 g/mol. The molecule has 0 aliphatic carbocycles. The van der Waals surface area contributed by atoms with E-state index < -0.39 is 6.61 Å². The fraction of sp³-hybridized carbons (Fsp3) is 0.353. The van der Waals surface area contributed by atoms with Crippen LogP contribution in [0, 0.1) is 0 Å². The van der Waals surface area contributed by atoms with Gasteiger partial charge < -0.3 is 15.4 Å². The molecule has 25 heavy (non-hydrogen) atoms. The van der Waals surface area contributed by atoms with E-state index in [1.54, 1.807) is 36.6 Å². The van der Waals surface area contributed by atoms with Crippen molar-refractivity contribution in [3.63, 3.8) is 0 Å². The van der Waals surface area contributed by atoms with Crippen LogP contribution in [0.2, 0.25) is 0 Å². The van der Waals surface area contributed by atoms with E-state index in [-0.39, 0.29) is 29.7 Å². The summed E-state index contributed by atoms with van der Waals surface area (Å²) in [7, 11) is 1.67. The quantitative estimate of drug-likeness (QED) is 0.350. The number of halogens is 3. The number of thiophene rings is 1. The average molecular weight is 481 g/mol. The van der Waals surface area contributed by atoms with Gasteiger partial charge in [0.15, 0.2) is 5.96 Å². The Morgan fingerprint density at radius 3 is 2.64 bits per heavy atom. The third kappa shape index (κ3) is 7.15. The fourth-order valence-electron chi connectivity index (χ4n) is 2.18. The average Bonchev–Trinajstić information content (AvgIpc) is 3.10. The maximum Gasteiger partial charge on any atom is 0.387 e. The van der Waals surface area contributed by atoms with E-state index in [1.165, 1.54) is 11.6 Å². The molecule has 1 heterocycles. The number of alkyl halides is 2. The van der Waals surface area contributed by atoms with Gasteiger partial charge in [-0.3, -0.25) is 4.99 Å². The predicted octanol–water partition coefficient (Wildman–Crippen LogP) is 4.44. The highest BCUT2D eigenvalue weighted by Crippen LogP contribution is 2.20. The summed E-state index contributed by atoms with van der Waals surface area (Å²) in [5.74, 6) is 1.13. The van der Waals surface area contributed by atoms with Gasteiger partial charge in [-0.15, -0.1) is 24.0 Å². The van der Waals surface area contributed by atoms with Crippen molar-refractivity contribution in [1.82, 2.24) is 10.6 Å². The van der Waals surface area contributed by atoms with Crippen LogP contribution in [-0.2, 0) is 6.54 Å². The molecule has 0 radical (unpaired) electrons. The zero-order valence-electron chi connectivity index (χ0n) is 14.0. The molecule has 0 amide bonds. The second kappa shape index (κ2) is 11.2. The topological polar surface area (TPSA) is 45.7 Å². The first-order chi connectivity index (χ1) is 11.6. The van der Waals surface area contributed by atoms with Gasteiger partial charge in [0.25, 0.3) is 0 Å². The standard InChI is InChI=1S/C17H21F2N3OS.HI/c1-12(14-7-8-24-11-14)9-21-17(20-2)22-10-13-5-3-4-6-15(13)23-16(18)19;/h3-8,11-12,16H,9-10H2,1-2H3,(H2,20,21,22);1H. The zero-order chi connectivity index (χ0) is 17.4. The number of rotatable bonds is 7. The van der Waals surface area contributed by atoms with Crippen molar-refractivity contribution in [2.45, 2.75) is 26.0 Å². The minimum atomic E-state index is -2.84. The summed E-state index contributed by atoms with van der Waals surface area (Å²) in [6.07, 6.45) is 0. The number of ether oxygens (including phenoxy) is 1. The summed E-state index contributed by atoms with van der Waals surface area (Å²) in [6, 6.07) is 8.82. The number of nitrogens with zero attached hydrogens (tertiary/aromatic N) is 1. The zero-order valence-corrected chi connectivity index (χ0v) is 17.2. The van der Waals surface area contributed by atoms with Crippen LogP contribution in [0.5, 0.6) is 5.75 Å². The molecule has 0 saturated carbocycles. The lowest BCUT2D eigenvalue weighted by atomic mass is 10.1. The molecule has 8 heteroatoms. The van der Waals surface area contributed by atoms with Crippen molar-refractivity contribution >= 4 is 41.3 Å². The minimum Gasteiger partial charge on any atom is -0.434 e. The molecule has 1 aromatic carbocycles. The van der Waals surface area contributed by atoms with Crippen LogP contribution in [0.25, 0.3) is 0 Å². The Hall–Kier alpha value is -1.42. The lowest BCUT2D eigenvalue weighted by molar-refractivity contribution is -0.0504. The lowest BCUT2D eigenvalue weighted by Gasteiger charge is -2.16. The first kappa shape index (κ1) is 21.6. The van der Waals surface area contributed by atoms with Crippen LogP contribution in [0.1, 0.15) is 24.0 Å². The molecule has 1 atom stereocenters. The molecule has 0 fully saturated rings. The van der Waals surface area contributed by atoms with Crippen LogP contribution in [0.4, 0.5) is 8.78 Å². The Balaban J connectivity index is 0.00000312. The van der Waals surface area contributed by atoms with E-state index in [1.807, 2.05) is 0 Å². The van der Waals surface area contributed by atoms with E-state index in [0.717, 1.165) is 6.54 Å². The smallest absolute Gasteiger partial charge is 0.387 e. The van der Waals surface area contributed by atoms with Gasteiger partial charge in [0.2, 0.25) is 0 Å². The highest BCUT2D eigenvalue weighted by molar-refractivity contribution is 14.0. The number of guanidine groups is 1. The molecule has 138 valence electrons. The minimum absolute atomic E-state index is 0. The maximum atomic E-state index is 12.4. The van der Waals surface area contributed by atoms with Crippen molar-refractivity contribution in [3.05, 3.63) is 52.2 Å². The molecule has 0 saturated heterocycles. The third-order valence-corrected chi connectivity index (χ3v) is 4.25. The molecule has 0 spiro atoms. The third-order valence-electron chi connectivity index (χ3n) is 3.55. The maximum absolute atomic E-state index is 12.4. The lowest BCUT2D eigenvalue weighted by Crippen LogP contribution is -2.38. The van der Waals surface area contributed by atoms with Crippen LogP contribution in [-0.4, -0.2) is 26.2 Å². The number of nitrogens with one attached hydrogen (secondary N) is 2. The van der Waals surface area contributed by atoms with Crippen LogP contribution < -0.4 is 15.4 Å². The number of hydrogen-bond acceptors (Lipinski definition) is 3. The van der Waals surface area contributed by atoms with E-state index in [0.29, 0.717) is 24.0 Å². The number of para-hydroxylation sites is 1. The Labute approximate surface area is 167 Å². The largest absolute Gasteiger partial charge is 0.434 e. The van der Waals surface area contributed by atoms with E-state index in [2.05, 4.69) is 44.1 Å². The summed E-state index contributed by atoms with van der Waals surface area (Å²) < 4.78 is 29.4. The van der Waals surface area contributed by atoms with Crippen molar-refractivity contribution < 1.29 is 13.5 Å². The van der Waals surface area contributed by atoms with Gasteiger partial charge in [-0.1, -0.05) is 25.1 Å². The van der Waals surface area contributed by atoms with E-state index >= 15 is 0 Å². The molecule has 0 bridgehead atoms. The molecule has 4 nitrogen and oxygen atoms in total. The van der Waals surface area contributed by atoms with Gasteiger partial charge in [-0.05, 0) is 34.4 Å². The molecule has 0 aliphatic heterocycles. The number of aliphatic imine (C=N–C) groups is 1. The van der Waals surface area contributed by atoms with Gasteiger partial charge in [0.1, 0.15) is 5.75 Å². The highest BCUT2D eigenvalue weighted by Gasteiger charge is 2.10. The van der Waals surface area contributed by atoms with E-state index in [4.69, 9.17) is 0 Å². The highest BCUT2D eigenvalue weighted by atomic mass is 127. The normalized spacial score (nSPS) is 12.4. The fourth-order valence-corrected chi connectivity index (χ4v) is 2.97.